The van der Waals surface area contributed by atoms with Crippen LogP contribution in [0.2, 0.25) is 0 Å². The van der Waals surface area contributed by atoms with Gasteiger partial charge in [-0.15, -0.1) is 0 Å². The topological polar surface area (TPSA) is 77.0 Å². The highest BCUT2D eigenvalue weighted by Gasteiger charge is 2.47. The second-order valence-corrected chi connectivity index (χ2v) is 6.21. The summed E-state index contributed by atoms with van der Waals surface area (Å²) >= 11 is 0. The lowest BCUT2D eigenvalue weighted by atomic mass is 10.1. The van der Waals surface area contributed by atoms with Crippen molar-refractivity contribution in [1.82, 2.24) is 9.97 Å². The van der Waals surface area contributed by atoms with Crippen LogP contribution in [0, 0.1) is 0 Å². The van der Waals surface area contributed by atoms with E-state index in [2.05, 4.69) is 9.97 Å². The predicted molar refractivity (Wildman–Crippen MR) is 64.1 cm³/mol. The van der Waals surface area contributed by atoms with Crippen LogP contribution in [0.25, 0.3) is 11.1 Å². The highest BCUT2D eigenvalue weighted by molar-refractivity contribution is 7.92. The smallest absolute Gasteiger partial charge is 0.287 e. The summed E-state index contributed by atoms with van der Waals surface area (Å²) in [7, 11) is -5.50. The summed E-state index contributed by atoms with van der Waals surface area (Å²) in [6.45, 7) is 0. The number of aromatic nitrogens is 2. The van der Waals surface area contributed by atoms with Crippen LogP contribution in [0.5, 0.6) is 0 Å². The Morgan fingerprint density at radius 1 is 1.05 bits per heavy atom. The van der Waals surface area contributed by atoms with Crippen molar-refractivity contribution in [2.45, 2.75) is 10.4 Å². The molecule has 2 aromatic rings. The molecular weight excluding hydrogens is 309 g/mol. The van der Waals surface area contributed by atoms with E-state index in [1.807, 2.05) is 0 Å². The normalized spacial score (nSPS) is 14.0. The second-order valence-electron chi connectivity index (χ2n) is 4.27. The van der Waals surface area contributed by atoms with Crippen LogP contribution in [0.15, 0.2) is 35.6 Å². The first kappa shape index (κ1) is 13.7. The molecule has 3 rings (SSSR count). The Bertz CT molecular complexity index is 876. The van der Waals surface area contributed by atoms with E-state index in [-0.39, 0.29) is 11.3 Å². The van der Waals surface area contributed by atoms with Gasteiger partial charge < -0.3 is 0 Å². The van der Waals surface area contributed by atoms with Gasteiger partial charge in [-0.1, -0.05) is 6.07 Å². The molecule has 1 aromatic carbocycles. The number of fused-ring (bicyclic) bond motifs is 3. The van der Waals surface area contributed by atoms with E-state index in [9.17, 15) is 26.4 Å². The Morgan fingerprint density at radius 3 is 2.43 bits per heavy atom. The molecule has 0 spiro atoms. The number of hydrogen-bond acceptors (Lipinski definition) is 5. The summed E-state index contributed by atoms with van der Waals surface area (Å²) in [5, 5.41) is 0. The number of sulfone groups is 1. The number of hydrogen-bond donors (Lipinski definition) is 0. The standard InChI is InChI=1S/C12H5F3N2O3S/c13-12(14,15)21(19,20)6-1-2-7-8(3-6)11(18)10-9(7)4-16-5-17-10/h1-5H. The van der Waals surface area contributed by atoms with Gasteiger partial charge in [-0.25, -0.2) is 18.4 Å². The Labute approximate surface area is 116 Å². The van der Waals surface area contributed by atoms with Gasteiger partial charge in [-0.3, -0.25) is 4.79 Å². The summed E-state index contributed by atoms with van der Waals surface area (Å²) in [4.78, 5) is 18.6. The minimum absolute atomic E-state index is 0.0431. The third-order valence-corrected chi connectivity index (χ3v) is 4.55. The molecule has 1 aliphatic carbocycles. The Hall–Kier alpha value is -2.29. The second kappa shape index (κ2) is 4.10. The largest absolute Gasteiger partial charge is 0.501 e. The summed E-state index contributed by atoms with van der Waals surface area (Å²) < 4.78 is 60.3. The molecule has 1 aliphatic rings. The Kier molecular flexibility index (Phi) is 2.67. The molecule has 9 heteroatoms. The number of benzene rings is 1. The first-order valence-electron chi connectivity index (χ1n) is 5.54. The Morgan fingerprint density at radius 2 is 1.76 bits per heavy atom. The highest BCUT2D eigenvalue weighted by Crippen LogP contribution is 2.38. The quantitative estimate of drug-likeness (QED) is 0.686. The average molecular weight is 314 g/mol. The van der Waals surface area contributed by atoms with Gasteiger partial charge in [0.15, 0.2) is 0 Å². The number of carbonyl (C=O) groups is 1. The molecule has 0 saturated carbocycles. The maximum Gasteiger partial charge on any atom is 0.501 e. The van der Waals surface area contributed by atoms with E-state index >= 15 is 0 Å². The number of carbonyl (C=O) groups excluding carboxylic acids is 1. The summed E-state index contributed by atoms with van der Waals surface area (Å²) in [6.07, 6.45) is 2.49. The van der Waals surface area contributed by atoms with Gasteiger partial charge in [0.05, 0.1) is 4.90 Å². The number of rotatable bonds is 1. The zero-order chi connectivity index (χ0) is 15.4. The molecule has 0 saturated heterocycles. The third kappa shape index (κ3) is 1.84. The average Bonchev–Trinajstić information content (AvgIpc) is 2.71. The molecule has 0 bridgehead atoms. The van der Waals surface area contributed by atoms with Crippen LogP contribution in [0.4, 0.5) is 13.2 Å². The number of nitrogens with zero attached hydrogens (tertiary/aromatic N) is 2. The molecule has 108 valence electrons. The molecule has 1 heterocycles. The monoisotopic (exact) mass is 314 g/mol. The van der Waals surface area contributed by atoms with Gasteiger partial charge in [0, 0.05) is 17.3 Å². The van der Waals surface area contributed by atoms with Crippen LogP contribution in [-0.2, 0) is 9.84 Å². The zero-order valence-electron chi connectivity index (χ0n) is 10.0. The first-order valence-corrected chi connectivity index (χ1v) is 7.02. The van der Waals surface area contributed by atoms with Crippen molar-refractivity contribution < 1.29 is 26.4 Å². The van der Waals surface area contributed by atoms with Gasteiger partial charge in [-0.2, -0.15) is 13.2 Å². The molecule has 0 atom stereocenters. The van der Waals surface area contributed by atoms with Crippen molar-refractivity contribution in [3.8, 4) is 11.1 Å². The maximum absolute atomic E-state index is 12.5. The summed E-state index contributed by atoms with van der Waals surface area (Å²) in [5.41, 5.74) is -4.82. The van der Waals surface area contributed by atoms with E-state index in [1.165, 1.54) is 6.20 Å². The van der Waals surface area contributed by atoms with Crippen molar-refractivity contribution in [1.29, 1.82) is 0 Å². The zero-order valence-corrected chi connectivity index (χ0v) is 10.9. The molecule has 1 aromatic heterocycles. The van der Waals surface area contributed by atoms with Crippen molar-refractivity contribution in [2.24, 2.45) is 0 Å². The van der Waals surface area contributed by atoms with E-state index in [4.69, 9.17) is 0 Å². The van der Waals surface area contributed by atoms with Crippen molar-refractivity contribution in [3.63, 3.8) is 0 Å². The maximum atomic E-state index is 12.5. The molecule has 0 N–H and O–H groups in total. The van der Waals surface area contributed by atoms with Crippen LogP contribution in [-0.4, -0.2) is 29.7 Å². The van der Waals surface area contributed by atoms with Crippen molar-refractivity contribution in [3.05, 3.63) is 42.0 Å². The fourth-order valence-electron chi connectivity index (χ4n) is 2.08. The molecule has 0 aliphatic heterocycles. The number of alkyl halides is 3. The summed E-state index contributed by atoms with van der Waals surface area (Å²) in [6, 6.07) is 2.69. The molecule has 0 fully saturated rings. The molecule has 5 nitrogen and oxygen atoms in total. The van der Waals surface area contributed by atoms with Crippen molar-refractivity contribution in [2.75, 3.05) is 0 Å². The number of halogens is 3. The van der Waals surface area contributed by atoms with E-state index in [1.54, 1.807) is 0 Å². The molecule has 0 radical (unpaired) electrons. The lowest BCUT2D eigenvalue weighted by molar-refractivity contribution is -0.0436. The van der Waals surface area contributed by atoms with Gasteiger partial charge in [0.2, 0.25) is 5.78 Å². The first-order chi connectivity index (χ1) is 9.73. The van der Waals surface area contributed by atoms with E-state index in [0.717, 1.165) is 24.5 Å². The van der Waals surface area contributed by atoms with E-state index < -0.39 is 26.0 Å². The van der Waals surface area contributed by atoms with Gasteiger partial charge >= 0.3 is 5.51 Å². The SMILES string of the molecule is O=C1c2cc(S(=O)(=O)C(F)(F)F)ccc2-c2cncnc21. The van der Waals surface area contributed by atoms with Crippen LogP contribution < -0.4 is 0 Å². The van der Waals surface area contributed by atoms with Crippen LogP contribution >= 0.6 is 0 Å². The third-order valence-electron chi connectivity index (χ3n) is 3.07. The lowest BCUT2D eigenvalue weighted by Gasteiger charge is -2.09. The predicted octanol–water partition coefficient (Wildman–Crippen LogP) is 1.98. The minimum Gasteiger partial charge on any atom is -0.287 e. The Balaban J connectivity index is 2.21. The molecule has 0 unspecified atom stereocenters. The fourth-order valence-corrected chi connectivity index (χ4v) is 2.87. The van der Waals surface area contributed by atoms with E-state index in [0.29, 0.717) is 11.1 Å². The van der Waals surface area contributed by atoms with Crippen LogP contribution in [0.3, 0.4) is 0 Å². The van der Waals surface area contributed by atoms with Crippen LogP contribution in [0.1, 0.15) is 16.1 Å². The molecule has 0 amide bonds. The summed E-state index contributed by atoms with van der Waals surface area (Å²) in [5.74, 6) is -0.623. The minimum atomic E-state index is -5.50. The van der Waals surface area contributed by atoms with Gasteiger partial charge in [0.1, 0.15) is 12.0 Å². The van der Waals surface area contributed by atoms with Gasteiger partial charge in [0.25, 0.3) is 9.84 Å². The lowest BCUT2D eigenvalue weighted by Crippen LogP contribution is -2.23. The highest BCUT2D eigenvalue weighted by atomic mass is 32.2. The van der Waals surface area contributed by atoms with Crippen molar-refractivity contribution >= 4 is 15.6 Å². The van der Waals surface area contributed by atoms with Gasteiger partial charge in [-0.05, 0) is 17.7 Å². The molecule has 21 heavy (non-hydrogen) atoms. The molecular formula is C12H5F3N2O3S. The fraction of sp³-hybridized carbons (Fsp3) is 0.0833. The number of ketones is 1.